The Morgan fingerprint density at radius 2 is 2.00 bits per heavy atom. The molecule has 0 aliphatic carbocycles. The average Bonchev–Trinajstić information content (AvgIpc) is 3.15. The molecule has 25 heavy (non-hydrogen) atoms. The molecule has 0 fully saturated rings. The number of fused-ring (bicyclic) bond motifs is 1. The zero-order valence-electron chi connectivity index (χ0n) is 13.7. The fraction of sp³-hybridized carbons (Fsp3) is 0.100. The van der Waals surface area contributed by atoms with E-state index in [2.05, 4.69) is 34.6 Å². The fourth-order valence-electron chi connectivity index (χ4n) is 2.61. The first-order valence-electron chi connectivity index (χ1n) is 7.89. The number of aromatic nitrogens is 2. The van der Waals surface area contributed by atoms with Crippen LogP contribution in [0.1, 0.15) is 5.69 Å². The SMILES string of the molecule is COc1cccc(-c2nc(CSc3ccnc4ccccc34)cs2)c1. The maximum absolute atomic E-state index is 5.30. The molecule has 0 saturated carbocycles. The van der Waals surface area contributed by atoms with E-state index in [-0.39, 0.29) is 0 Å². The van der Waals surface area contributed by atoms with Crippen LogP contribution in [0, 0.1) is 0 Å². The zero-order valence-corrected chi connectivity index (χ0v) is 15.3. The molecule has 0 unspecified atom stereocenters. The molecule has 0 bridgehead atoms. The topological polar surface area (TPSA) is 35.0 Å². The second-order valence-electron chi connectivity index (χ2n) is 5.49. The Balaban J connectivity index is 1.53. The second-order valence-corrected chi connectivity index (χ2v) is 7.37. The molecular formula is C20H16N2OS2. The highest BCUT2D eigenvalue weighted by molar-refractivity contribution is 7.98. The molecule has 0 atom stereocenters. The van der Waals surface area contributed by atoms with Crippen LogP contribution in [-0.4, -0.2) is 17.1 Å². The van der Waals surface area contributed by atoms with Crippen LogP contribution < -0.4 is 4.74 Å². The number of thiazole rings is 1. The number of rotatable bonds is 5. The van der Waals surface area contributed by atoms with Gasteiger partial charge >= 0.3 is 0 Å². The molecule has 0 radical (unpaired) electrons. The van der Waals surface area contributed by atoms with Crippen molar-refractivity contribution in [3.8, 4) is 16.3 Å². The van der Waals surface area contributed by atoms with Gasteiger partial charge in [0.25, 0.3) is 0 Å². The lowest BCUT2D eigenvalue weighted by Gasteiger charge is -2.04. The molecule has 0 aliphatic heterocycles. The van der Waals surface area contributed by atoms with Crippen molar-refractivity contribution in [1.29, 1.82) is 0 Å². The molecule has 3 nitrogen and oxygen atoms in total. The number of nitrogens with zero attached hydrogens (tertiary/aromatic N) is 2. The highest BCUT2D eigenvalue weighted by Crippen LogP contribution is 2.32. The highest BCUT2D eigenvalue weighted by atomic mass is 32.2. The lowest BCUT2D eigenvalue weighted by atomic mass is 10.2. The summed E-state index contributed by atoms with van der Waals surface area (Å²) in [5.41, 5.74) is 3.21. The Morgan fingerprint density at radius 1 is 1.08 bits per heavy atom. The molecule has 5 heteroatoms. The predicted octanol–water partition coefficient (Wildman–Crippen LogP) is 5.66. The molecule has 4 aromatic rings. The molecule has 0 N–H and O–H groups in total. The van der Waals surface area contributed by atoms with Crippen molar-refractivity contribution in [1.82, 2.24) is 9.97 Å². The van der Waals surface area contributed by atoms with E-state index in [0.29, 0.717) is 0 Å². The molecule has 124 valence electrons. The number of thioether (sulfide) groups is 1. The third kappa shape index (κ3) is 3.52. The van der Waals surface area contributed by atoms with Crippen molar-refractivity contribution in [2.45, 2.75) is 10.6 Å². The van der Waals surface area contributed by atoms with Crippen molar-refractivity contribution >= 4 is 34.0 Å². The summed E-state index contributed by atoms with van der Waals surface area (Å²) in [6.45, 7) is 0. The van der Waals surface area contributed by atoms with E-state index in [4.69, 9.17) is 9.72 Å². The number of pyridine rings is 1. The Kier molecular flexibility index (Phi) is 4.68. The molecule has 2 aromatic carbocycles. The number of methoxy groups -OCH3 is 1. The van der Waals surface area contributed by atoms with Crippen LogP contribution in [0.3, 0.4) is 0 Å². The first-order valence-corrected chi connectivity index (χ1v) is 9.75. The van der Waals surface area contributed by atoms with Gasteiger partial charge in [-0.15, -0.1) is 23.1 Å². The van der Waals surface area contributed by atoms with Crippen molar-refractivity contribution in [3.05, 3.63) is 71.9 Å². The van der Waals surface area contributed by atoms with Gasteiger partial charge in [0.2, 0.25) is 0 Å². The van der Waals surface area contributed by atoms with E-state index in [0.717, 1.165) is 33.3 Å². The van der Waals surface area contributed by atoms with E-state index in [1.165, 1.54) is 10.3 Å². The van der Waals surface area contributed by atoms with Crippen LogP contribution in [-0.2, 0) is 5.75 Å². The summed E-state index contributed by atoms with van der Waals surface area (Å²) in [7, 11) is 1.68. The van der Waals surface area contributed by atoms with Gasteiger partial charge in [-0.3, -0.25) is 4.98 Å². The maximum Gasteiger partial charge on any atom is 0.123 e. The predicted molar refractivity (Wildman–Crippen MR) is 105 cm³/mol. The van der Waals surface area contributed by atoms with Gasteiger partial charge in [0.15, 0.2) is 0 Å². The molecule has 0 spiro atoms. The largest absolute Gasteiger partial charge is 0.497 e. The van der Waals surface area contributed by atoms with E-state index in [9.17, 15) is 0 Å². The van der Waals surface area contributed by atoms with Gasteiger partial charge in [0.1, 0.15) is 10.8 Å². The number of para-hydroxylation sites is 1. The minimum absolute atomic E-state index is 0.842. The molecule has 4 rings (SSSR count). The van der Waals surface area contributed by atoms with E-state index in [1.807, 2.05) is 36.5 Å². The quantitative estimate of drug-likeness (QED) is 0.428. The third-order valence-corrected chi connectivity index (χ3v) is 5.90. The lowest BCUT2D eigenvalue weighted by Crippen LogP contribution is -1.86. The van der Waals surface area contributed by atoms with Gasteiger partial charge in [-0.2, -0.15) is 0 Å². The minimum Gasteiger partial charge on any atom is -0.497 e. The van der Waals surface area contributed by atoms with Gasteiger partial charge in [-0.1, -0.05) is 30.3 Å². The number of hydrogen-bond acceptors (Lipinski definition) is 5. The highest BCUT2D eigenvalue weighted by Gasteiger charge is 2.08. The van der Waals surface area contributed by atoms with Crippen molar-refractivity contribution in [3.63, 3.8) is 0 Å². The summed E-state index contributed by atoms with van der Waals surface area (Å²) in [5, 5.41) is 4.35. The molecule has 0 amide bonds. The fourth-order valence-corrected chi connectivity index (χ4v) is 4.47. The van der Waals surface area contributed by atoms with Gasteiger partial charge < -0.3 is 4.74 Å². The summed E-state index contributed by atoms with van der Waals surface area (Å²) in [4.78, 5) is 10.4. The van der Waals surface area contributed by atoms with E-state index in [1.54, 1.807) is 30.2 Å². The van der Waals surface area contributed by atoms with Crippen molar-refractivity contribution in [2.75, 3.05) is 7.11 Å². The summed E-state index contributed by atoms with van der Waals surface area (Å²) in [6.07, 6.45) is 1.87. The Bertz CT molecular complexity index is 1010. The van der Waals surface area contributed by atoms with Crippen molar-refractivity contribution in [2.24, 2.45) is 0 Å². The molecule has 2 aromatic heterocycles. The lowest BCUT2D eigenvalue weighted by molar-refractivity contribution is 0.415. The molecule has 2 heterocycles. The number of benzene rings is 2. The third-order valence-electron chi connectivity index (χ3n) is 3.85. The molecule has 0 aliphatic rings. The standard InChI is InChI=1S/C20H16N2OS2/c1-23-16-6-4-5-14(11-16)20-22-15(13-25-20)12-24-19-9-10-21-18-8-3-2-7-17(18)19/h2-11,13H,12H2,1H3. The Morgan fingerprint density at radius 3 is 2.92 bits per heavy atom. The second kappa shape index (κ2) is 7.25. The summed E-state index contributed by atoms with van der Waals surface area (Å²) in [5.74, 6) is 1.70. The number of hydrogen-bond donors (Lipinski definition) is 0. The van der Waals surface area contributed by atoms with Crippen LogP contribution in [0.4, 0.5) is 0 Å². The van der Waals surface area contributed by atoms with Gasteiger partial charge in [0.05, 0.1) is 18.3 Å². The summed E-state index contributed by atoms with van der Waals surface area (Å²) in [6, 6.07) is 18.3. The van der Waals surface area contributed by atoms with Crippen LogP contribution in [0.15, 0.2) is 71.1 Å². The maximum atomic E-state index is 5.30. The average molecular weight is 364 g/mol. The Labute approximate surface area is 154 Å². The summed E-state index contributed by atoms with van der Waals surface area (Å²) < 4.78 is 5.30. The van der Waals surface area contributed by atoms with Gasteiger partial charge in [0, 0.05) is 33.2 Å². The van der Waals surface area contributed by atoms with E-state index < -0.39 is 0 Å². The van der Waals surface area contributed by atoms with Crippen LogP contribution in [0.2, 0.25) is 0 Å². The smallest absolute Gasteiger partial charge is 0.123 e. The summed E-state index contributed by atoms with van der Waals surface area (Å²) >= 11 is 3.47. The monoisotopic (exact) mass is 364 g/mol. The van der Waals surface area contributed by atoms with Gasteiger partial charge in [-0.25, -0.2) is 4.98 Å². The zero-order chi connectivity index (χ0) is 17.1. The number of ether oxygens (including phenoxy) is 1. The normalized spacial score (nSPS) is 10.9. The minimum atomic E-state index is 0.842. The Hall–Kier alpha value is -2.37. The van der Waals surface area contributed by atoms with Gasteiger partial charge in [-0.05, 0) is 24.3 Å². The van der Waals surface area contributed by atoms with Crippen LogP contribution in [0.5, 0.6) is 5.75 Å². The van der Waals surface area contributed by atoms with Crippen molar-refractivity contribution < 1.29 is 4.74 Å². The molecule has 0 saturated heterocycles. The van der Waals surface area contributed by atoms with Crippen LogP contribution >= 0.6 is 23.1 Å². The first-order chi connectivity index (χ1) is 12.3. The molecular weight excluding hydrogens is 348 g/mol. The van der Waals surface area contributed by atoms with E-state index >= 15 is 0 Å². The van der Waals surface area contributed by atoms with Crippen LogP contribution in [0.25, 0.3) is 21.5 Å². The first kappa shape index (κ1) is 16.1.